The highest BCUT2D eigenvalue weighted by molar-refractivity contribution is 6.34. The smallest absolute Gasteiger partial charge is 0.270 e. The first-order valence-corrected chi connectivity index (χ1v) is 7.46. The van der Waals surface area contributed by atoms with Gasteiger partial charge in [-0.3, -0.25) is 14.9 Å². The number of benzene rings is 1. The third-order valence-corrected chi connectivity index (χ3v) is 3.76. The van der Waals surface area contributed by atoms with Gasteiger partial charge >= 0.3 is 0 Å². The number of hydrogen-bond donors (Lipinski definition) is 1. The van der Waals surface area contributed by atoms with Crippen molar-refractivity contribution in [2.75, 3.05) is 6.54 Å². The summed E-state index contributed by atoms with van der Waals surface area (Å²) in [7, 11) is 0. The van der Waals surface area contributed by atoms with Crippen LogP contribution in [-0.2, 0) is 6.54 Å². The molecule has 0 saturated carbocycles. The first-order chi connectivity index (χ1) is 10.9. The molecule has 0 aliphatic rings. The van der Waals surface area contributed by atoms with Crippen LogP contribution in [0.4, 0.5) is 5.69 Å². The summed E-state index contributed by atoms with van der Waals surface area (Å²) in [5.74, 6) is 0.768. The Hall–Kier alpha value is -2.41. The number of carbonyl (C=O) groups excluding carboxylic acids is 1. The van der Waals surface area contributed by atoms with Crippen molar-refractivity contribution in [3.8, 4) is 0 Å². The molecule has 0 aliphatic heterocycles. The number of rotatable bonds is 6. The number of halogens is 1. The van der Waals surface area contributed by atoms with Crippen molar-refractivity contribution in [2.24, 2.45) is 5.92 Å². The van der Waals surface area contributed by atoms with Gasteiger partial charge in [0, 0.05) is 37.6 Å². The number of amides is 1. The maximum Gasteiger partial charge on any atom is 0.270 e. The standard InChI is InChI=1S/C15H17ClN4O3/c1-10(9-19-6-5-17-11(19)2)8-18-15(21)13-4-3-12(20(22)23)7-14(13)16/h3-7,10H,8-9H2,1-2H3,(H,18,21). The Kier molecular flexibility index (Phi) is 5.33. The second-order valence-electron chi connectivity index (χ2n) is 5.36. The molecule has 122 valence electrons. The van der Waals surface area contributed by atoms with Gasteiger partial charge in [0.2, 0.25) is 0 Å². The molecule has 2 aromatic rings. The molecule has 0 aliphatic carbocycles. The molecule has 0 radical (unpaired) electrons. The SMILES string of the molecule is Cc1nccn1CC(C)CNC(=O)c1ccc([N+](=O)[O-])cc1Cl. The van der Waals surface area contributed by atoms with Crippen molar-refractivity contribution >= 4 is 23.2 Å². The molecule has 1 atom stereocenters. The number of nitrogens with one attached hydrogen (secondary N) is 1. The summed E-state index contributed by atoms with van der Waals surface area (Å²) < 4.78 is 2.01. The van der Waals surface area contributed by atoms with Gasteiger partial charge in [-0.15, -0.1) is 0 Å². The van der Waals surface area contributed by atoms with Crippen LogP contribution in [0.25, 0.3) is 0 Å². The lowest BCUT2D eigenvalue weighted by atomic mass is 10.1. The van der Waals surface area contributed by atoms with Crippen LogP contribution >= 0.6 is 11.6 Å². The second kappa shape index (κ2) is 7.23. The molecule has 1 unspecified atom stereocenters. The number of imidazole rings is 1. The van der Waals surface area contributed by atoms with Crippen molar-refractivity contribution in [3.63, 3.8) is 0 Å². The molecular formula is C15H17ClN4O3. The lowest BCUT2D eigenvalue weighted by Crippen LogP contribution is -2.30. The van der Waals surface area contributed by atoms with Crippen LogP contribution in [0.3, 0.4) is 0 Å². The van der Waals surface area contributed by atoms with Crippen LogP contribution in [0.2, 0.25) is 5.02 Å². The second-order valence-corrected chi connectivity index (χ2v) is 5.77. The van der Waals surface area contributed by atoms with Crippen LogP contribution in [0.5, 0.6) is 0 Å². The fourth-order valence-electron chi connectivity index (χ4n) is 2.16. The highest BCUT2D eigenvalue weighted by Crippen LogP contribution is 2.22. The van der Waals surface area contributed by atoms with Crippen molar-refractivity contribution in [2.45, 2.75) is 20.4 Å². The average Bonchev–Trinajstić information content (AvgIpc) is 2.89. The van der Waals surface area contributed by atoms with Crippen molar-refractivity contribution < 1.29 is 9.72 Å². The first kappa shape index (κ1) is 17.0. The van der Waals surface area contributed by atoms with Gasteiger partial charge in [0.15, 0.2) is 0 Å². The van der Waals surface area contributed by atoms with E-state index in [2.05, 4.69) is 10.3 Å². The van der Waals surface area contributed by atoms with Crippen molar-refractivity contribution in [1.29, 1.82) is 0 Å². The van der Waals surface area contributed by atoms with E-state index < -0.39 is 4.92 Å². The Morgan fingerprint density at radius 2 is 2.26 bits per heavy atom. The summed E-state index contributed by atoms with van der Waals surface area (Å²) in [5.41, 5.74) is 0.0822. The predicted octanol–water partition coefficient (Wildman–Crippen LogP) is 2.82. The van der Waals surface area contributed by atoms with Crippen LogP contribution in [0.15, 0.2) is 30.6 Å². The quantitative estimate of drug-likeness (QED) is 0.648. The van der Waals surface area contributed by atoms with Gasteiger partial charge in [-0.2, -0.15) is 0 Å². The minimum atomic E-state index is -0.552. The van der Waals surface area contributed by atoms with E-state index in [4.69, 9.17) is 11.6 Å². The minimum Gasteiger partial charge on any atom is -0.352 e. The van der Waals surface area contributed by atoms with Gasteiger partial charge in [-0.1, -0.05) is 18.5 Å². The molecule has 0 spiro atoms. The Bertz CT molecular complexity index is 729. The predicted molar refractivity (Wildman–Crippen MR) is 86.6 cm³/mol. The first-order valence-electron chi connectivity index (χ1n) is 7.08. The van der Waals surface area contributed by atoms with E-state index in [1.54, 1.807) is 6.20 Å². The Morgan fingerprint density at radius 3 is 2.83 bits per heavy atom. The van der Waals surface area contributed by atoms with Gasteiger partial charge in [0.05, 0.1) is 15.5 Å². The summed E-state index contributed by atoms with van der Waals surface area (Å²) in [6.07, 6.45) is 3.62. The average molecular weight is 337 g/mol. The summed E-state index contributed by atoms with van der Waals surface area (Å²) >= 11 is 5.94. The third-order valence-electron chi connectivity index (χ3n) is 3.45. The summed E-state index contributed by atoms with van der Waals surface area (Å²) in [6, 6.07) is 3.80. The maximum absolute atomic E-state index is 12.1. The Balaban J connectivity index is 1.94. The zero-order valence-electron chi connectivity index (χ0n) is 12.8. The molecule has 0 fully saturated rings. The van der Waals surface area contributed by atoms with Crippen LogP contribution in [0, 0.1) is 23.0 Å². The summed E-state index contributed by atoms with van der Waals surface area (Å²) in [4.78, 5) is 26.4. The topological polar surface area (TPSA) is 90.1 Å². The number of carbonyl (C=O) groups is 1. The highest BCUT2D eigenvalue weighted by atomic mass is 35.5. The van der Waals surface area contributed by atoms with E-state index in [0.717, 1.165) is 12.4 Å². The van der Waals surface area contributed by atoms with E-state index in [9.17, 15) is 14.9 Å². The molecule has 0 bridgehead atoms. The molecule has 2 rings (SSSR count). The molecular weight excluding hydrogens is 320 g/mol. The van der Waals surface area contributed by atoms with Crippen LogP contribution < -0.4 is 5.32 Å². The van der Waals surface area contributed by atoms with Crippen LogP contribution in [0.1, 0.15) is 23.1 Å². The fourth-order valence-corrected chi connectivity index (χ4v) is 2.42. The molecule has 1 amide bonds. The van der Waals surface area contributed by atoms with Gasteiger partial charge in [-0.25, -0.2) is 4.98 Å². The van der Waals surface area contributed by atoms with Gasteiger partial charge in [0.25, 0.3) is 11.6 Å². The van der Waals surface area contributed by atoms with Gasteiger partial charge in [0.1, 0.15) is 5.82 Å². The molecule has 1 heterocycles. The number of aryl methyl sites for hydroxylation is 1. The monoisotopic (exact) mass is 336 g/mol. The molecule has 23 heavy (non-hydrogen) atoms. The minimum absolute atomic E-state index is 0.0646. The number of nitrogens with zero attached hydrogens (tertiary/aromatic N) is 3. The van der Waals surface area contributed by atoms with Crippen molar-refractivity contribution in [3.05, 3.63) is 57.1 Å². The third kappa shape index (κ3) is 4.29. The van der Waals surface area contributed by atoms with Crippen molar-refractivity contribution in [1.82, 2.24) is 14.9 Å². The number of nitro benzene ring substituents is 1. The molecule has 7 nitrogen and oxygen atoms in total. The Labute approximate surface area is 138 Å². The van der Waals surface area contributed by atoms with E-state index in [-0.39, 0.29) is 28.1 Å². The molecule has 8 heteroatoms. The Morgan fingerprint density at radius 1 is 1.52 bits per heavy atom. The largest absolute Gasteiger partial charge is 0.352 e. The fraction of sp³-hybridized carbons (Fsp3) is 0.333. The summed E-state index contributed by atoms with van der Waals surface area (Å²) in [6.45, 7) is 5.13. The van der Waals surface area contributed by atoms with Crippen LogP contribution in [-0.4, -0.2) is 26.9 Å². The van der Waals surface area contributed by atoms with E-state index in [0.29, 0.717) is 6.54 Å². The van der Waals surface area contributed by atoms with E-state index >= 15 is 0 Å². The molecule has 1 aromatic heterocycles. The number of aromatic nitrogens is 2. The molecule has 1 aromatic carbocycles. The van der Waals surface area contributed by atoms with Gasteiger partial charge < -0.3 is 9.88 Å². The maximum atomic E-state index is 12.1. The summed E-state index contributed by atoms with van der Waals surface area (Å²) in [5, 5.41) is 13.5. The highest BCUT2D eigenvalue weighted by Gasteiger charge is 2.15. The zero-order valence-corrected chi connectivity index (χ0v) is 13.6. The number of nitro groups is 1. The van der Waals surface area contributed by atoms with E-state index in [1.165, 1.54) is 18.2 Å². The van der Waals surface area contributed by atoms with E-state index in [1.807, 2.05) is 24.6 Å². The lowest BCUT2D eigenvalue weighted by molar-refractivity contribution is -0.384. The zero-order chi connectivity index (χ0) is 17.0. The number of non-ortho nitro benzene ring substituents is 1. The number of hydrogen-bond acceptors (Lipinski definition) is 4. The molecule has 0 saturated heterocycles. The normalized spacial score (nSPS) is 12.0. The lowest BCUT2D eigenvalue weighted by Gasteiger charge is -2.14. The molecule has 1 N–H and O–H groups in total. The van der Waals surface area contributed by atoms with Gasteiger partial charge in [-0.05, 0) is 18.9 Å².